The van der Waals surface area contributed by atoms with Crippen LogP contribution in [0.25, 0.3) is 0 Å². The van der Waals surface area contributed by atoms with E-state index >= 15 is 0 Å². The van der Waals surface area contributed by atoms with Crippen LogP contribution in [0.4, 0.5) is 4.79 Å². The summed E-state index contributed by atoms with van der Waals surface area (Å²) in [6.45, 7) is 4.13. The lowest BCUT2D eigenvalue weighted by molar-refractivity contribution is -0.0306. The van der Waals surface area contributed by atoms with Crippen molar-refractivity contribution >= 4 is 6.03 Å². The van der Waals surface area contributed by atoms with Gasteiger partial charge in [-0.1, -0.05) is 6.92 Å². The molecule has 2 N–H and O–H groups in total. The molecule has 90 valence electrons. The van der Waals surface area contributed by atoms with Crippen molar-refractivity contribution in [2.75, 3.05) is 7.05 Å². The van der Waals surface area contributed by atoms with Crippen LogP contribution in [0.2, 0.25) is 0 Å². The molecule has 1 saturated heterocycles. The lowest BCUT2D eigenvalue weighted by Crippen LogP contribution is -2.54. The normalized spacial score (nSPS) is 39.6. The molecule has 0 radical (unpaired) electrons. The molecule has 0 aliphatic carbocycles. The fraction of sp³-hybridized carbons (Fsp3) is 0.727. The summed E-state index contributed by atoms with van der Waals surface area (Å²) >= 11 is 0. The average molecular weight is 225 g/mol. The van der Waals surface area contributed by atoms with Gasteiger partial charge in [0.15, 0.2) is 0 Å². The Bertz CT molecular complexity index is 318. The molecule has 5 nitrogen and oxygen atoms in total. The number of carbonyl (C=O) groups excluding carboxylic acids is 1. The summed E-state index contributed by atoms with van der Waals surface area (Å²) in [5.41, 5.74) is 5.74. The van der Waals surface area contributed by atoms with E-state index in [2.05, 4.69) is 6.92 Å². The molecule has 4 atom stereocenters. The van der Waals surface area contributed by atoms with E-state index in [1.54, 1.807) is 24.2 Å². The smallest absolute Gasteiger partial charge is 0.327 e. The molecule has 1 fully saturated rings. The van der Waals surface area contributed by atoms with Gasteiger partial charge in [0.2, 0.25) is 0 Å². The maximum Gasteiger partial charge on any atom is 0.327 e. The number of urea groups is 1. The first-order valence-electron chi connectivity index (χ1n) is 5.65. The van der Waals surface area contributed by atoms with Crippen molar-refractivity contribution in [1.82, 2.24) is 9.80 Å². The lowest BCUT2D eigenvalue weighted by Gasteiger charge is -2.36. The zero-order valence-electron chi connectivity index (χ0n) is 9.96. The first kappa shape index (κ1) is 11.4. The first-order valence-corrected chi connectivity index (χ1v) is 5.65. The maximum atomic E-state index is 12.0. The van der Waals surface area contributed by atoms with Gasteiger partial charge in [0, 0.05) is 19.2 Å². The molecule has 2 amide bonds. The van der Waals surface area contributed by atoms with Gasteiger partial charge in [0.05, 0.1) is 6.10 Å². The molecule has 4 unspecified atom stereocenters. The highest BCUT2D eigenvalue weighted by Crippen LogP contribution is 2.30. The molecule has 5 heteroatoms. The number of hydrogen-bond acceptors (Lipinski definition) is 3. The van der Waals surface area contributed by atoms with Gasteiger partial charge < -0.3 is 15.4 Å². The second-order valence-electron chi connectivity index (χ2n) is 4.68. The van der Waals surface area contributed by atoms with Gasteiger partial charge in [-0.25, -0.2) is 4.79 Å². The molecule has 0 bridgehead atoms. The van der Waals surface area contributed by atoms with Gasteiger partial charge in [-0.15, -0.1) is 0 Å². The first-order chi connectivity index (χ1) is 7.50. The summed E-state index contributed by atoms with van der Waals surface area (Å²) in [5, 5.41) is 0. The number of ether oxygens (including phenoxy) is 1. The number of rotatable bonds is 1. The van der Waals surface area contributed by atoms with Crippen LogP contribution in [0.3, 0.4) is 0 Å². The molecule has 2 aliphatic heterocycles. The number of nitrogens with zero attached hydrogens (tertiary/aromatic N) is 2. The summed E-state index contributed by atoms with van der Waals surface area (Å²) in [6, 6.07) is -0.0963. The van der Waals surface area contributed by atoms with Gasteiger partial charge in [-0.3, -0.25) is 4.90 Å². The fourth-order valence-corrected chi connectivity index (χ4v) is 2.28. The summed E-state index contributed by atoms with van der Waals surface area (Å²) in [6.07, 6.45) is 4.25. The zero-order valence-corrected chi connectivity index (χ0v) is 9.96. The summed E-state index contributed by atoms with van der Waals surface area (Å²) in [7, 11) is 1.70. The number of carbonyl (C=O) groups is 1. The number of hydrogen-bond donors (Lipinski definition) is 1. The predicted octanol–water partition coefficient (Wildman–Crippen LogP) is 0.923. The van der Waals surface area contributed by atoms with E-state index in [1.165, 1.54) is 4.90 Å². The van der Waals surface area contributed by atoms with Crippen LogP contribution in [0.5, 0.6) is 0 Å². The van der Waals surface area contributed by atoms with E-state index in [4.69, 9.17) is 10.5 Å². The SMILES string of the molecule is CC1CC(C)C(N2C=CC(N)N(C)C2=O)O1. The maximum absolute atomic E-state index is 12.0. The molecule has 2 aliphatic rings. The van der Waals surface area contributed by atoms with Crippen molar-refractivity contribution in [3.8, 4) is 0 Å². The minimum atomic E-state index is -0.335. The second kappa shape index (κ2) is 4.07. The van der Waals surface area contributed by atoms with Crippen molar-refractivity contribution < 1.29 is 9.53 Å². The van der Waals surface area contributed by atoms with Gasteiger partial charge in [-0.05, 0) is 19.4 Å². The third kappa shape index (κ3) is 1.81. The van der Waals surface area contributed by atoms with Crippen LogP contribution < -0.4 is 5.73 Å². The van der Waals surface area contributed by atoms with Gasteiger partial charge in [-0.2, -0.15) is 0 Å². The minimum absolute atomic E-state index is 0.0963. The molecule has 0 aromatic rings. The van der Waals surface area contributed by atoms with E-state index in [1.807, 2.05) is 6.92 Å². The number of nitrogens with two attached hydrogens (primary N) is 1. The Morgan fingerprint density at radius 3 is 2.75 bits per heavy atom. The number of amides is 2. The Morgan fingerprint density at radius 1 is 1.50 bits per heavy atom. The second-order valence-corrected chi connectivity index (χ2v) is 4.68. The molecular formula is C11H19N3O2. The van der Waals surface area contributed by atoms with Crippen molar-refractivity contribution in [1.29, 1.82) is 0 Å². The Labute approximate surface area is 95.8 Å². The van der Waals surface area contributed by atoms with Crippen LogP contribution in [0.1, 0.15) is 20.3 Å². The van der Waals surface area contributed by atoms with Crippen LogP contribution in [-0.2, 0) is 4.74 Å². The van der Waals surface area contributed by atoms with Crippen molar-refractivity contribution in [3.05, 3.63) is 12.3 Å². The minimum Gasteiger partial charge on any atom is -0.355 e. The summed E-state index contributed by atoms with van der Waals surface area (Å²) in [5.74, 6) is 0.353. The van der Waals surface area contributed by atoms with E-state index in [0.717, 1.165) is 6.42 Å². The number of likely N-dealkylation sites (N-methyl/N-ethyl adjacent to an activating group) is 1. The van der Waals surface area contributed by atoms with E-state index in [-0.39, 0.29) is 24.5 Å². The molecule has 16 heavy (non-hydrogen) atoms. The molecule has 0 aromatic heterocycles. The highest BCUT2D eigenvalue weighted by molar-refractivity contribution is 5.77. The molecule has 0 spiro atoms. The average Bonchev–Trinajstić information content (AvgIpc) is 2.55. The molecular weight excluding hydrogens is 206 g/mol. The van der Waals surface area contributed by atoms with Crippen LogP contribution in [0, 0.1) is 5.92 Å². The fourth-order valence-electron chi connectivity index (χ4n) is 2.28. The third-order valence-corrected chi connectivity index (χ3v) is 3.25. The third-order valence-electron chi connectivity index (χ3n) is 3.25. The summed E-state index contributed by atoms with van der Waals surface area (Å²) < 4.78 is 5.75. The highest BCUT2D eigenvalue weighted by Gasteiger charge is 2.38. The van der Waals surface area contributed by atoms with Crippen LogP contribution in [0.15, 0.2) is 12.3 Å². The van der Waals surface area contributed by atoms with Crippen molar-refractivity contribution in [2.24, 2.45) is 11.7 Å². The van der Waals surface area contributed by atoms with E-state index in [9.17, 15) is 4.79 Å². The lowest BCUT2D eigenvalue weighted by atomic mass is 10.1. The van der Waals surface area contributed by atoms with Gasteiger partial charge in [0.1, 0.15) is 12.4 Å². The van der Waals surface area contributed by atoms with Crippen molar-refractivity contribution in [3.63, 3.8) is 0 Å². The largest absolute Gasteiger partial charge is 0.355 e. The van der Waals surface area contributed by atoms with Gasteiger partial charge in [0.25, 0.3) is 0 Å². The monoisotopic (exact) mass is 225 g/mol. The zero-order chi connectivity index (χ0) is 11.9. The molecule has 0 aromatic carbocycles. The van der Waals surface area contributed by atoms with Crippen molar-refractivity contribution in [2.45, 2.75) is 38.8 Å². The quantitative estimate of drug-likeness (QED) is 0.722. The Morgan fingerprint density at radius 2 is 2.19 bits per heavy atom. The standard InChI is InChI=1S/C11H19N3O2/c1-7-6-8(2)16-10(7)14-5-4-9(12)13(3)11(14)15/h4-5,7-10H,6,12H2,1-3H3. The highest BCUT2D eigenvalue weighted by atomic mass is 16.5. The molecule has 2 heterocycles. The van der Waals surface area contributed by atoms with Crippen LogP contribution >= 0.6 is 0 Å². The van der Waals surface area contributed by atoms with Gasteiger partial charge >= 0.3 is 6.03 Å². The topological polar surface area (TPSA) is 58.8 Å². The van der Waals surface area contributed by atoms with E-state index < -0.39 is 0 Å². The summed E-state index contributed by atoms with van der Waals surface area (Å²) in [4.78, 5) is 15.2. The molecule has 2 rings (SSSR count). The Kier molecular flexibility index (Phi) is 2.90. The van der Waals surface area contributed by atoms with Crippen LogP contribution in [-0.4, -0.2) is 41.4 Å². The Hall–Kier alpha value is -1.07. The predicted molar refractivity (Wildman–Crippen MR) is 60.2 cm³/mol. The Balaban J connectivity index is 2.16. The van der Waals surface area contributed by atoms with E-state index in [0.29, 0.717) is 5.92 Å². The molecule has 0 saturated carbocycles.